The van der Waals surface area contributed by atoms with E-state index in [1.54, 1.807) is 10.8 Å². The molecular weight excluding hydrogens is 242 g/mol. The molecule has 3 nitrogen and oxygen atoms in total. The summed E-state index contributed by atoms with van der Waals surface area (Å²) in [5.74, 6) is 2.84. The Hall–Kier alpha value is -0.0300. The molecule has 0 aromatic rings. The molecule has 0 aliphatic heterocycles. The fraction of sp³-hybridized carbons (Fsp3) is 0.909. The van der Waals surface area contributed by atoms with E-state index in [4.69, 9.17) is 5.73 Å². The number of carbonyl (C=O) groups is 1. The van der Waals surface area contributed by atoms with Gasteiger partial charge in [-0.15, -0.1) is 0 Å². The summed E-state index contributed by atoms with van der Waals surface area (Å²) in [5.41, 5.74) is 4.85. The first kappa shape index (κ1) is 16.0. The summed E-state index contributed by atoms with van der Waals surface area (Å²) in [6, 6.07) is 0. The zero-order chi connectivity index (χ0) is 12.2. The van der Waals surface area contributed by atoms with Gasteiger partial charge in [-0.1, -0.05) is 54.7 Å². The second-order valence-corrected chi connectivity index (χ2v) is 6.32. The van der Waals surface area contributed by atoms with Gasteiger partial charge in [-0.2, -0.15) is 0 Å². The molecule has 0 spiro atoms. The van der Waals surface area contributed by atoms with Crippen molar-refractivity contribution in [1.29, 1.82) is 0 Å². The minimum Gasteiger partial charge on any atom is -0.449 e. The SMILES string of the molecule is CCCC[C@H](CC)CSSCCOC(N)=O.[HH]. The van der Waals surface area contributed by atoms with E-state index in [1.165, 1.54) is 31.4 Å². The summed E-state index contributed by atoms with van der Waals surface area (Å²) in [5, 5.41) is 0. The largest absolute Gasteiger partial charge is 0.449 e. The smallest absolute Gasteiger partial charge is 0.404 e. The lowest BCUT2D eigenvalue weighted by Gasteiger charge is -2.12. The fourth-order valence-electron chi connectivity index (χ4n) is 1.28. The average Bonchev–Trinajstić information content (AvgIpc) is 2.26. The molecule has 1 amide bonds. The highest BCUT2D eigenvalue weighted by molar-refractivity contribution is 8.76. The van der Waals surface area contributed by atoms with Crippen LogP contribution < -0.4 is 5.73 Å². The first-order chi connectivity index (χ1) is 7.70. The lowest BCUT2D eigenvalue weighted by atomic mass is 10.0. The van der Waals surface area contributed by atoms with E-state index in [1.807, 2.05) is 10.8 Å². The summed E-state index contributed by atoms with van der Waals surface area (Å²) < 4.78 is 4.64. The van der Waals surface area contributed by atoms with Gasteiger partial charge >= 0.3 is 6.09 Å². The Balaban J connectivity index is 0. The molecule has 0 aliphatic carbocycles. The zero-order valence-electron chi connectivity index (χ0n) is 10.2. The summed E-state index contributed by atoms with van der Waals surface area (Å²) in [7, 11) is 3.63. The molecular formula is C11H25NO2S2. The lowest BCUT2D eigenvalue weighted by Crippen LogP contribution is -2.14. The van der Waals surface area contributed by atoms with Gasteiger partial charge in [-0.05, 0) is 12.3 Å². The van der Waals surface area contributed by atoms with E-state index in [-0.39, 0.29) is 1.43 Å². The Morgan fingerprint density at radius 3 is 2.75 bits per heavy atom. The minimum absolute atomic E-state index is 0. The number of hydrogen-bond acceptors (Lipinski definition) is 4. The number of rotatable bonds is 10. The van der Waals surface area contributed by atoms with Crippen molar-refractivity contribution in [2.75, 3.05) is 18.1 Å². The Labute approximate surface area is 108 Å². The van der Waals surface area contributed by atoms with Crippen molar-refractivity contribution in [3.05, 3.63) is 0 Å². The molecule has 5 heteroatoms. The first-order valence-electron chi connectivity index (χ1n) is 5.87. The Morgan fingerprint density at radius 1 is 1.44 bits per heavy atom. The van der Waals surface area contributed by atoms with Crippen LogP contribution in [0, 0.1) is 5.92 Å². The lowest BCUT2D eigenvalue weighted by molar-refractivity contribution is 0.164. The molecule has 0 unspecified atom stereocenters. The van der Waals surface area contributed by atoms with Gasteiger partial charge in [0.15, 0.2) is 0 Å². The highest BCUT2D eigenvalue weighted by Gasteiger charge is 2.05. The highest BCUT2D eigenvalue weighted by Crippen LogP contribution is 2.27. The van der Waals surface area contributed by atoms with Crippen molar-refractivity contribution in [3.63, 3.8) is 0 Å². The van der Waals surface area contributed by atoms with E-state index in [2.05, 4.69) is 18.6 Å². The van der Waals surface area contributed by atoms with E-state index < -0.39 is 6.09 Å². The number of carbonyl (C=O) groups excluding carboxylic acids is 1. The predicted molar refractivity (Wildman–Crippen MR) is 75.9 cm³/mol. The summed E-state index contributed by atoms with van der Waals surface area (Å²) in [6.07, 6.45) is 4.51. The molecule has 0 saturated heterocycles. The number of nitrogens with two attached hydrogens (primary N) is 1. The maximum absolute atomic E-state index is 10.3. The molecule has 0 radical (unpaired) electrons. The molecule has 2 N–H and O–H groups in total. The number of amides is 1. The van der Waals surface area contributed by atoms with E-state index >= 15 is 0 Å². The molecule has 98 valence electrons. The van der Waals surface area contributed by atoms with Crippen LogP contribution in [0.15, 0.2) is 0 Å². The fourth-order valence-corrected chi connectivity index (χ4v) is 3.66. The van der Waals surface area contributed by atoms with E-state index in [0.717, 1.165) is 11.7 Å². The molecule has 0 fully saturated rings. The van der Waals surface area contributed by atoms with Crippen LogP contribution in [0.1, 0.15) is 41.0 Å². The second-order valence-electron chi connectivity index (χ2n) is 3.69. The molecule has 1 atom stereocenters. The maximum atomic E-state index is 10.3. The van der Waals surface area contributed by atoms with Crippen LogP contribution in [0.5, 0.6) is 0 Å². The molecule has 0 saturated carbocycles. The summed E-state index contributed by atoms with van der Waals surface area (Å²) in [4.78, 5) is 10.3. The van der Waals surface area contributed by atoms with Crippen LogP contribution >= 0.6 is 21.6 Å². The first-order valence-corrected chi connectivity index (χ1v) is 8.36. The van der Waals surface area contributed by atoms with Crippen molar-refractivity contribution in [3.8, 4) is 0 Å². The molecule has 0 aliphatic rings. The predicted octanol–water partition coefficient (Wildman–Crippen LogP) is 3.93. The van der Waals surface area contributed by atoms with Crippen LogP contribution in [-0.2, 0) is 4.74 Å². The monoisotopic (exact) mass is 267 g/mol. The van der Waals surface area contributed by atoms with Crippen molar-refractivity contribution in [2.24, 2.45) is 11.7 Å². The Bertz CT molecular complexity index is 185. The third-order valence-electron chi connectivity index (χ3n) is 2.34. The van der Waals surface area contributed by atoms with Gasteiger partial charge in [0.1, 0.15) is 6.61 Å². The number of hydrogen-bond donors (Lipinski definition) is 1. The van der Waals surface area contributed by atoms with Crippen LogP contribution in [0.2, 0.25) is 0 Å². The van der Waals surface area contributed by atoms with Gasteiger partial charge in [-0.25, -0.2) is 4.79 Å². The molecule has 0 bridgehead atoms. The molecule has 16 heavy (non-hydrogen) atoms. The van der Waals surface area contributed by atoms with Crippen molar-refractivity contribution in [2.45, 2.75) is 39.5 Å². The normalized spacial score (nSPS) is 12.4. The molecule has 0 heterocycles. The van der Waals surface area contributed by atoms with Crippen LogP contribution in [0.3, 0.4) is 0 Å². The van der Waals surface area contributed by atoms with Crippen LogP contribution in [0.25, 0.3) is 0 Å². The average molecular weight is 267 g/mol. The maximum Gasteiger partial charge on any atom is 0.404 e. The number of ether oxygens (including phenoxy) is 1. The van der Waals surface area contributed by atoms with Crippen molar-refractivity contribution >= 4 is 27.7 Å². The highest BCUT2D eigenvalue weighted by atomic mass is 33.1. The number of unbranched alkanes of at least 4 members (excludes halogenated alkanes) is 1. The zero-order valence-corrected chi connectivity index (χ0v) is 11.9. The molecule has 0 rings (SSSR count). The molecule has 0 aromatic heterocycles. The standard InChI is InChI=1S/C11H23NO2S2.H2/c1-3-5-6-10(4-2)9-16-15-8-7-14-11(12)13;/h10H,3-9H2,1-2H3,(H2,12,13);1H/t10-;/m0./s1. The Kier molecular flexibility index (Phi) is 11.4. The molecule has 0 aromatic carbocycles. The van der Waals surface area contributed by atoms with Crippen molar-refractivity contribution in [1.82, 2.24) is 0 Å². The second kappa shape index (κ2) is 11.5. The van der Waals surface area contributed by atoms with Crippen molar-refractivity contribution < 1.29 is 11.0 Å². The summed E-state index contributed by atoms with van der Waals surface area (Å²) in [6.45, 7) is 4.90. The van der Waals surface area contributed by atoms with Gasteiger partial charge < -0.3 is 10.5 Å². The van der Waals surface area contributed by atoms with Gasteiger partial charge in [0.25, 0.3) is 0 Å². The number of primary amides is 1. The summed E-state index contributed by atoms with van der Waals surface area (Å²) >= 11 is 0. The van der Waals surface area contributed by atoms with Gasteiger partial charge in [0.05, 0.1) is 0 Å². The third-order valence-corrected chi connectivity index (χ3v) is 4.86. The van der Waals surface area contributed by atoms with Gasteiger partial charge in [0, 0.05) is 12.9 Å². The minimum atomic E-state index is -0.681. The van der Waals surface area contributed by atoms with Crippen LogP contribution in [0.4, 0.5) is 4.79 Å². The van der Waals surface area contributed by atoms with Crippen LogP contribution in [-0.4, -0.2) is 24.2 Å². The quantitative estimate of drug-likeness (QED) is 0.481. The van der Waals surface area contributed by atoms with E-state index in [9.17, 15) is 4.79 Å². The topological polar surface area (TPSA) is 52.3 Å². The van der Waals surface area contributed by atoms with Gasteiger partial charge in [-0.3, -0.25) is 0 Å². The third kappa shape index (κ3) is 10.5. The Morgan fingerprint density at radius 2 is 2.19 bits per heavy atom. The van der Waals surface area contributed by atoms with Gasteiger partial charge in [0.2, 0.25) is 0 Å². The van der Waals surface area contributed by atoms with E-state index in [0.29, 0.717) is 6.61 Å².